The van der Waals surface area contributed by atoms with Crippen molar-refractivity contribution >= 4 is 40.8 Å². The minimum absolute atomic E-state index is 0.304. The number of anilines is 4. The molecular weight excluding hydrogens is 396 g/mol. The van der Waals surface area contributed by atoms with E-state index in [2.05, 4.69) is 16.0 Å². The molecule has 8 nitrogen and oxygen atoms in total. The van der Waals surface area contributed by atoms with Crippen LogP contribution in [0.4, 0.5) is 32.3 Å². The van der Waals surface area contributed by atoms with Crippen molar-refractivity contribution < 1.29 is 19.1 Å². The molecule has 4 amide bonds. The van der Waals surface area contributed by atoms with Gasteiger partial charge in [0.05, 0.1) is 6.54 Å². The molecule has 1 aliphatic rings. The zero-order valence-electron chi connectivity index (χ0n) is 16.5. The predicted octanol–water partition coefficient (Wildman–Crippen LogP) is 4.54. The molecule has 8 heteroatoms. The topological polar surface area (TPSA) is 99.8 Å². The molecule has 0 aliphatic carbocycles. The Hall–Kier alpha value is -4.33. The molecule has 4 rings (SSSR count). The summed E-state index contributed by atoms with van der Waals surface area (Å²) in [5.74, 6) is -0.304. The van der Waals surface area contributed by atoms with Crippen molar-refractivity contribution in [3.63, 3.8) is 0 Å². The molecule has 0 radical (unpaired) electrons. The fourth-order valence-corrected chi connectivity index (χ4v) is 3.10. The molecule has 0 saturated carbocycles. The van der Waals surface area contributed by atoms with Crippen LogP contribution in [0.15, 0.2) is 78.9 Å². The van der Waals surface area contributed by atoms with Gasteiger partial charge in [-0.1, -0.05) is 24.3 Å². The Morgan fingerprint density at radius 1 is 0.774 bits per heavy atom. The summed E-state index contributed by atoms with van der Waals surface area (Å²) in [6.07, 6.45) is -0.400. The van der Waals surface area contributed by atoms with Gasteiger partial charge in [-0.15, -0.1) is 0 Å². The molecule has 1 heterocycles. The number of carbonyl (C=O) groups excluding carboxylic acids is 3. The molecule has 1 fully saturated rings. The number of benzene rings is 3. The molecule has 0 aromatic heterocycles. The highest BCUT2D eigenvalue weighted by molar-refractivity contribution is 6.05. The number of rotatable bonds is 5. The summed E-state index contributed by atoms with van der Waals surface area (Å²) in [6, 6.07) is 22.3. The zero-order valence-corrected chi connectivity index (χ0v) is 16.5. The first kappa shape index (κ1) is 20.0. The number of amides is 4. The predicted molar refractivity (Wildman–Crippen MR) is 119 cm³/mol. The van der Waals surface area contributed by atoms with Crippen LogP contribution in [0.5, 0.6) is 0 Å². The van der Waals surface area contributed by atoms with Gasteiger partial charge in [0, 0.05) is 28.3 Å². The highest BCUT2D eigenvalue weighted by atomic mass is 16.6. The Kier molecular flexibility index (Phi) is 5.79. The maximum absolute atomic E-state index is 12.6. The summed E-state index contributed by atoms with van der Waals surface area (Å²) in [7, 11) is 0. The Labute approximate surface area is 178 Å². The van der Waals surface area contributed by atoms with Gasteiger partial charge in [0.2, 0.25) is 0 Å². The molecule has 0 atom stereocenters. The van der Waals surface area contributed by atoms with E-state index in [1.807, 2.05) is 18.2 Å². The Balaban J connectivity index is 1.36. The average Bonchev–Trinajstić information content (AvgIpc) is 3.21. The molecule has 3 N–H and O–H groups in total. The van der Waals surface area contributed by atoms with Crippen molar-refractivity contribution in [2.45, 2.75) is 0 Å². The monoisotopic (exact) mass is 416 g/mol. The van der Waals surface area contributed by atoms with Crippen LogP contribution in [0.1, 0.15) is 10.4 Å². The first-order valence-corrected chi connectivity index (χ1v) is 9.67. The maximum Gasteiger partial charge on any atom is 0.414 e. The van der Waals surface area contributed by atoms with Crippen LogP contribution >= 0.6 is 0 Å². The first-order valence-electron chi connectivity index (χ1n) is 9.67. The number of para-hydroxylation sites is 1. The number of ether oxygens (including phenoxy) is 1. The number of carbonyl (C=O) groups is 3. The minimum atomic E-state index is -0.400. The summed E-state index contributed by atoms with van der Waals surface area (Å²) in [6.45, 7) is 0.821. The first-order chi connectivity index (χ1) is 15.1. The summed E-state index contributed by atoms with van der Waals surface area (Å²) in [5.41, 5.74) is 2.89. The average molecular weight is 416 g/mol. The molecule has 31 heavy (non-hydrogen) atoms. The van der Waals surface area contributed by atoms with E-state index in [1.54, 1.807) is 60.7 Å². The molecule has 3 aromatic rings. The summed E-state index contributed by atoms with van der Waals surface area (Å²) in [5, 5.41) is 8.26. The number of nitrogens with zero attached hydrogens (tertiary/aromatic N) is 1. The minimum Gasteiger partial charge on any atom is -0.447 e. The van der Waals surface area contributed by atoms with Crippen molar-refractivity contribution in [1.82, 2.24) is 0 Å². The highest BCUT2D eigenvalue weighted by Crippen LogP contribution is 2.23. The highest BCUT2D eigenvalue weighted by Gasteiger charge is 2.23. The smallest absolute Gasteiger partial charge is 0.414 e. The Morgan fingerprint density at radius 3 is 2.13 bits per heavy atom. The van der Waals surface area contributed by atoms with Crippen LogP contribution in [-0.2, 0) is 4.74 Å². The van der Waals surface area contributed by atoms with Gasteiger partial charge in [-0.25, -0.2) is 9.59 Å². The lowest BCUT2D eigenvalue weighted by Gasteiger charge is -2.14. The number of nitrogens with one attached hydrogen (secondary N) is 3. The zero-order chi connectivity index (χ0) is 21.6. The van der Waals surface area contributed by atoms with Gasteiger partial charge in [0.1, 0.15) is 6.61 Å². The van der Waals surface area contributed by atoms with Crippen LogP contribution in [0, 0.1) is 0 Å². The van der Waals surface area contributed by atoms with Gasteiger partial charge in [0.15, 0.2) is 0 Å². The van der Waals surface area contributed by atoms with Crippen LogP contribution in [0.2, 0.25) is 0 Å². The van der Waals surface area contributed by atoms with E-state index in [1.165, 1.54) is 4.90 Å². The summed E-state index contributed by atoms with van der Waals surface area (Å²) in [4.78, 5) is 37.9. The molecule has 156 valence electrons. The third-order valence-electron chi connectivity index (χ3n) is 4.61. The quantitative estimate of drug-likeness (QED) is 0.569. The standard InChI is InChI=1S/C23H20N4O4/c28-21(24-19-7-4-8-20(15-19)27-13-14-31-23(27)30)16-9-11-18(12-10-16)26-22(29)25-17-5-2-1-3-6-17/h1-12,15H,13-14H2,(H,24,28)(H2,25,26,29). The molecule has 0 spiro atoms. The van der Waals surface area contributed by atoms with Crippen LogP contribution < -0.4 is 20.9 Å². The van der Waals surface area contributed by atoms with Gasteiger partial charge >= 0.3 is 12.1 Å². The maximum atomic E-state index is 12.6. The number of cyclic esters (lactones) is 1. The van der Waals surface area contributed by atoms with Gasteiger partial charge in [-0.3, -0.25) is 9.69 Å². The fourth-order valence-electron chi connectivity index (χ4n) is 3.10. The fraction of sp³-hybridized carbons (Fsp3) is 0.0870. The molecule has 0 bridgehead atoms. The van der Waals surface area contributed by atoms with Crippen molar-refractivity contribution in [2.75, 3.05) is 34.0 Å². The largest absolute Gasteiger partial charge is 0.447 e. The van der Waals surface area contributed by atoms with E-state index < -0.39 is 6.09 Å². The third-order valence-corrected chi connectivity index (χ3v) is 4.61. The lowest BCUT2D eigenvalue weighted by atomic mass is 10.2. The van der Waals surface area contributed by atoms with E-state index in [-0.39, 0.29) is 11.9 Å². The lowest BCUT2D eigenvalue weighted by molar-refractivity contribution is 0.102. The van der Waals surface area contributed by atoms with Gasteiger partial charge in [-0.2, -0.15) is 0 Å². The van der Waals surface area contributed by atoms with Crippen LogP contribution in [-0.4, -0.2) is 31.2 Å². The molecular formula is C23H20N4O4. The Morgan fingerprint density at radius 2 is 1.45 bits per heavy atom. The number of hydrogen-bond acceptors (Lipinski definition) is 4. The molecule has 1 aliphatic heterocycles. The molecule has 0 unspecified atom stereocenters. The van der Waals surface area contributed by atoms with E-state index >= 15 is 0 Å². The molecule has 1 saturated heterocycles. The van der Waals surface area contributed by atoms with E-state index in [9.17, 15) is 14.4 Å². The summed E-state index contributed by atoms with van der Waals surface area (Å²) >= 11 is 0. The van der Waals surface area contributed by atoms with Crippen molar-refractivity contribution in [3.8, 4) is 0 Å². The van der Waals surface area contributed by atoms with Crippen molar-refractivity contribution in [2.24, 2.45) is 0 Å². The normalized spacial score (nSPS) is 12.8. The van der Waals surface area contributed by atoms with Crippen LogP contribution in [0.25, 0.3) is 0 Å². The summed E-state index contributed by atoms with van der Waals surface area (Å²) < 4.78 is 4.95. The third kappa shape index (κ3) is 4.99. The SMILES string of the molecule is O=C(Nc1ccccc1)Nc1ccc(C(=O)Nc2cccc(N3CCOC3=O)c2)cc1. The second-order valence-corrected chi connectivity index (χ2v) is 6.79. The van der Waals surface area contributed by atoms with Crippen molar-refractivity contribution in [1.29, 1.82) is 0 Å². The second-order valence-electron chi connectivity index (χ2n) is 6.79. The Bertz CT molecular complexity index is 1100. The van der Waals surface area contributed by atoms with E-state index in [0.29, 0.717) is 41.5 Å². The van der Waals surface area contributed by atoms with E-state index in [0.717, 1.165) is 0 Å². The van der Waals surface area contributed by atoms with Crippen molar-refractivity contribution in [3.05, 3.63) is 84.4 Å². The second kappa shape index (κ2) is 9.00. The number of hydrogen-bond donors (Lipinski definition) is 3. The molecule has 3 aromatic carbocycles. The van der Waals surface area contributed by atoms with Gasteiger partial charge in [0.25, 0.3) is 5.91 Å². The van der Waals surface area contributed by atoms with Gasteiger partial charge in [-0.05, 0) is 54.6 Å². The van der Waals surface area contributed by atoms with Crippen LogP contribution in [0.3, 0.4) is 0 Å². The lowest BCUT2D eigenvalue weighted by Crippen LogP contribution is -2.23. The van der Waals surface area contributed by atoms with Gasteiger partial charge < -0.3 is 20.7 Å². The number of urea groups is 1. The van der Waals surface area contributed by atoms with E-state index in [4.69, 9.17) is 4.74 Å².